The van der Waals surface area contributed by atoms with Gasteiger partial charge in [-0.25, -0.2) is 8.78 Å². The van der Waals surface area contributed by atoms with Gasteiger partial charge >= 0.3 is 0 Å². The van der Waals surface area contributed by atoms with Gasteiger partial charge < -0.3 is 10.8 Å². The molecular formula is C15H14BrF2NO. The molecule has 0 radical (unpaired) electrons. The number of benzene rings is 2. The first-order chi connectivity index (χ1) is 9.56. The monoisotopic (exact) mass is 341 g/mol. The predicted molar refractivity (Wildman–Crippen MR) is 77.3 cm³/mol. The van der Waals surface area contributed by atoms with Crippen molar-refractivity contribution in [3.8, 4) is 0 Å². The quantitative estimate of drug-likeness (QED) is 0.893. The van der Waals surface area contributed by atoms with E-state index in [1.807, 2.05) is 0 Å². The maximum absolute atomic E-state index is 13.9. The standard InChI is InChI=1S/C15H14BrF2NO/c16-11-5-3-7-13(18)14(11)15(20)10(8-19)9-4-1-2-6-12(9)17/h1-7,10,15,20H,8,19H2. The van der Waals surface area contributed by atoms with E-state index in [0.717, 1.165) is 0 Å². The van der Waals surface area contributed by atoms with Gasteiger partial charge in [-0.3, -0.25) is 0 Å². The zero-order valence-corrected chi connectivity index (χ0v) is 12.1. The van der Waals surface area contributed by atoms with E-state index >= 15 is 0 Å². The third kappa shape index (κ3) is 2.90. The molecule has 0 saturated carbocycles. The highest BCUT2D eigenvalue weighted by Gasteiger charge is 2.27. The molecule has 0 fully saturated rings. The molecule has 0 amide bonds. The van der Waals surface area contributed by atoms with Gasteiger partial charge in [-0.05, 0) is 23.8 Å². The summed E-state index contributed by atoms with van der Waals surface area (Å²) in [6, 6.07) is 10.4. The largest absolute Gasteiger partial charge is 0.388 e. The summed E-state index contributed by atoms with van der Waals surface area (Å²) < 4.78 is 28.2. The Morgan fingerprint density at radius 2 is 1.70 bits per heavy atom. The molecule has 0 bridgehead atoms. The summed E-state index contributed by atoms with van der Waals surface area (Å²) in [7, 11) is 0. The van der Waals surface area contributed by atoms with Gasteiger partial charge in [0.1, 0.15) is 11.6 Å². The molecule has 5 heteroatoms. The molecule has 106 valence electrons. The fraction of sp³-hybridized carbons (Fsp3) is 0.200. The van der Waals surface area contributed by atoms with Gasteiger partial charge in [-0.15, -0.1) is 0 Å². The number of halogens is 3. The van der Waals surface area contributed by atoms with Crippen molar-refractivity contribution in [3.63, 3.8) is 0 Å². The van der Waals surface area contributed by atoms with Crippen LogP contribution >= 0.6 is 15.9 Å². The minimum atomic E-state index is -1.23. The minimum Gasteiger partial charge on any atom is -0.388 e. The van der Waals surface area contributed by atoms with Crippen LogP contribution < -0.4 is 5.73 Å². The molecule has 0 saturated heterocycles. The zero-order valence-electron chi connectivity index (χ0n) is 10.6. The molecule has 0 aromatic heterocycles. The van der Waals surface area contributed by atoms with Crippen molar-refractivity contribution in [1.29, 1.82) is 0 Å². The molecule has 0 spiro atoms. The number of rotatable bonds is 4. The number of nitrogens with two attached hydrogens (primary N) is 1. The van der Waals surface area contributed by atoms with E-state index in [1.165, 1.54) is 18.2 Å². The second-order valence-corrected chi connectivity index (χ2v) is 5.30. The number of aliphatic hydroxyl groups is 1. The lowest BCUT2D eigenvalue weighted by atomic mass is 9.88. The van der Waals surface area contributed by atoms with Crippen LogP contribution in [0, 0.1) is 11.6 Å². The molecule has 0 aliphatic heterocycles. The van der Waals surface area contributed by atoms with E-state index in [1.54, 1.807) is 24.3 Å². The van der Waals surface area contributed by atoms with Crippen LogP contribution in [-0.2, 0) is 0 Å². The van der Waals surface area contributed by atoms with Gasteiger partial charge in [0.2, 0.25) is 0 Å². The van der Waals surface area contributed by atoms with Crippen LogP contribution in [0.25, 0.3) is 0 Å². The van der Waals surface area contributed by atoms with Crippen molar-refractivity contribution >= 4 is 15.9 Å². The third-order valence-electron chi connectivity index (χ3n) is 3.24. The van der Waals surface area contributed by atoms with Crippen molar-refractivity contribution in [2.45, 2.75) is 12.0 Å². The highest BCUT2D eigenvalue weighted by atomic mass is 79.9. The smallest absolute Gasteiger partial charge is 0.130 e. The maximum atomic E-state index is 13.9. The first kappa shape index (κ1) is 15.1. The van der Waals surface area contributed by atoms with E-state index in [-0.39, 0.29) is 17.7 Å². The molecule has 0 aliphatic rings. The number of aliphatic hydroxyl groups excluding tert-OH is 1. The Balaban J connectivity index is 2.45. The second-order valence-electron chi connectivity index (χ2n) is 4.44. The Morgan fingerprint density at radius 1 is 1.05 bits per heavy atom. The van der Waals surface area contributed by atoms with Crippen LogP contribution in [-0.4, -0.2) is 11.7 Å². The minimum absolute atomic E-state index is 0.00285. The van der Waals surface area contributed by atoms with Crippen molar-refractivity contribution in [2.24, 2.45) is 5.73 Å². The van der Waals surface area contributed by atoms with Crippen molar-refractivity contribution in [3.05, 3.63) is 69.7 Å². The molecule has 2 nitrogen and oxygen atoms in total. The van der Waals surface area contributed by atoms with E-state index in [2.05, 4.69) is 15.9 Å². The lowest BCUT2D eigenvalue weighted by molar-refractivity contribution is 0.140. The Kier molecular flexibility index (Phi) is 4.86. The summed E-state index contributed by atoms with van der Waals surface area (Å²) in [6.07, 6.45) is -1.23. The summed E-state index contributed by atoms with van der Waals surface area (Å²) in [4.78, 5) is 0. The lowest BCUT2D eigenvalue weighted by Crippen LogP contribution is -2.22. The first-order valence-electron chi connectivity index (χ1n) is 6.12. The van der Waals surface area contributed by atoms with Crippen LogP contribution in [0.3, 0.4) is 0 Å². The Labute approximate surface area is 124 Å². The second kappa shape index (κ2) is 6.43. The predicted octanol–water partition coefficient (Wildman–Crippen LogP) is 3.50. The Morgan fingerprint density at radius 3 is 2.30 bits per heavy atom. The number of hydrogen-bond donors (Lipinski definition) is 2. The molecule has 2 atom stereocenters. The summed E-state index contributed by atoms with van der Waals surface area (Å²) in [5.41, 5.74) is 6.01. The molecule has 2 aromatic rings. The molecule has 3 N–H and O–H groups in total. The molecule has 0 heterocycles. The number of hydrogen-bond acceptors (Lipinski definition) is 2. The van der Waals surface area contributed by atoms with Crippen LogP contribution in [0.15, 0.2) is 46.9 Å². The van der Waals surface area contributed by atoms with Gasteiger partial charge in [-0.2, -0.15) is 0 Å². The highest BCUT2D eigenvalue weighted by Crippen LogP contribution is 2.36. The fourth-order valence-electron chi connectivity index (χ4n) is 2.20. The van der Waals surface area contributed by atoms with E-state index in [0.29, 0.717) is 4.47 Å². The van der Waals surface area contributed by atoms with Gasteiger partial charge in [0.25, 0.3) is 0 Å². The molecular weight excluding hydrogens is 328 g/mol. The van der Waals surface area contributed by atoms with Crippen LogP contribution in [0.2, 0.25) is 0 Å². The molecule has 0 aliphatic carbocycles. The molecule has 2 aromatic carbocycles. The van der Waals surface area contributed by atoms with Crippen molar-refractivity contribution in [1.82, 2.24) is 0 Å². The third-order valence-corrected chi connectivity index (χ3v) is 3.93. The molecule has 20 heavy (non-hydrogen) atoms. The SMILES string of the molecule is NCC(c1ccccc1F)C(O)c1c(F)cccc1Br. The van der Waals surface area contributed by atoms with Crippen LogP contribution in [0.4, 0.5) is 8.78 Å². The summed E-state index contributed by atoms with van der Waals surface area (Å²) in [5.74, 6) is -1.74. The Hall–Kier alpha value is -1.30. The van der Waals surface area contributed by atoms with Gasteiger partial charge in [-0.1, -0.05) is 40.2 Å². The fourth-order valence-corrected chi connectivity index (χ4v) is 2.77. The van der Waals surface area contributed by atoms with Gasteiger partial charge in [0, 0.05) is 22.5 Å². The first-order valence-corrected chi connectivity index (χ1v) is 6.92. The van der Waals surface area contributed by atoms with Crippen molar-refractivity contribution in [2.75, 3.05) is 6.54 Å². The molecule has 2 unspecified atom stereocenters. The zero-order chi connectivity index (χ0) is 14.7. The van der Waals surface area contributed by atoms with Crippen molar-refractivity contribution < 1.29 is 13.9 Å². The van der Waals surface area contributed by atoms with E-state index in [9.17, 15) is 13.9 Å². The topological polar surface area (TPSA) is 46.2 Å². The normalized spacial score (nSPS) is 14.1. The van der Waals surface area contributed by atoms with Gasteiger partial charge in [0.05, 0.1) is 6.10 Å². The highest BCUT2D eigenvalue weighted by molar-refractivity contribution is 9.10. The Bertz CT molecular complexity index is 586. The van der Waals surface area contributed by atoms with E-state index < -0.39 is 23.7 Å². The van der Waals surface area contributed by atoms with E-state index in [4.69, 9.17) is 5.73 Å². The van der Waals surface area contributed by atoms with Gasteiger partial charge in [0.15, 0.2) is 0 Å². The van der Waals surface area contributed by atoms with Crippen LogP contribution in [0.1, 0.15) is 23.1 Å². The average Bonchev–Trinajstić information content (AvgIpc) is 2.41. The van der Waals surface area contributed by atoms with Crippen LogP contribution in [0.5, 0.6) is 0 Å². The summed E-state index contributed by atoms with van der Waals surface area (Å²) >= 11 is 3.20. The molecule has 2 rings (SSSR count). The summed E-state index contributed by atoms with van der Waals surface area (Å²) in [6.45, 7) is 0.00285. The maximum Gasteiger partial charge on any atom is 0.130 e. The average molecular weight is 342 g/mol. The lowest BCUT2D eigenvalue weighted by Gasteiger charge is -2.24. The summed E-state index contributed by atoms with van der Waals surface area (Å²) in [5, 5.41) is 10.4.